The number of nitrogens with zero attached hydrogens (tertiary/aromatic N) is 1. The van der Waals surface area contributed by atoms with E-state index in [1.54, 1.807) is 27.8 Å². The van der Waals surface area contributed by atoms with Crippen molar-refractivity contribution in [1.29, 1.82) is 0 Å². The SMILES string of the molecule is CCN(C(=O)C(C)(C)NC)C(C)(C)C(=O)O. The first-order valence-electron chi connectivity index (χ1n) is 5.35. The van der Waals surface area contributed by atoms with Gasteiger partial charge in [0.1, 0.15) is 5.54 Å². The maximum Gasteiger partial charge on any atom is 0.329 e. The Morgan fingerprint density at radius 3 is 1.94 bits per heavy atom. The predicted molar refractivity (Wildman–Crippen MR) is 62.2 cm³/mol. The molecule has 0 saturated carbocycles. The molecule has 0 spiro atoms. The van der Waals surface area contributed by atoms with Crippen LogP contribution < -0.4 is 5.32 Å². The van der Waals surface area contributed by atoms with Gasteiger partial charge in [-0.1, -0.05) is 0 Å². The van der Waals surface area contributed by atoms with E-state index in [1.165, 1.54) is 18.7 Å². The quantitative estimate of drug-likeness (QED) is 0.729. The van der Waals surface area contributed by atoms with Crippen molar-refractivity contribution in [2.75, 3.05) is 13.6 Å². The van der Waals surface area contributed by atoms with Gasteiger partial charge in [0.15, 0.2) is 0 Å². The van der Waals surface area contributed by atoms with Crippen LogP contribution in [0, 0.1) is 0 Å². The lowest BCUT2D eigenvalue weighted by Gasteiger charge is -2.39. The third-order valence-corrected chi connectivity index (χ3v) is 2.92. The molecule has 0 bridgehead atoms. The van der Waals surface area contributed by atoms with Gasteiger partial charge in [0.05, 0.1) is 5.54 Å². The van der Waals surface area contributed by atoms with E-state index in [1.807, 2.05) is 0 Å². The normalized spacial score (nSPS) is 12.4. The van der Waals surface area contributed by atoms with E-state index in [0.717, 1.165) is 0 Å². The first-order valence-corrected chi connectivity index (χ1v) is 5.35. The minimum atomic E-state index is -1.19. The second-order valence-corrected chi connectivity index (χ2v) is 4.79. The molecule has 0 aromatic heterocycles. The molecule has 1 amide bonds. The molecule has 0 aliphatic rings. The Hall–Kier alpha value is -1.10. The van der Waals surface area contributed by atoms with E-state index in [4.69, 9.17) is 5.11 Å². The van der Waals surface area contributed by atoms with Gasteiger partial charge in [0, 0.05) is 6.54 Å². The molecular weight excluding hydrogens is 208 g/mol. The molecule has 0 heterocycles. The first-order chi connectivity index (χ1) is 7.11. The molecule has 16 heavy (non-hydrogen) atoms. The number of carbonyl (C=O) groups excluding carboxylic acids is 1. The molecule has 0 fully saturated rings. The fraction of sp³-hybridized carbons (Fsp3) is 0.818. The third kappa shape index (κ3) is 2.72. The van der Waals surface area contributed by atoms with Crippen molar-refractivity contribution in [2.24, 2.45) is 0 Å². The van der Waals surface area contributed by atoms with Crippen LogP contribution >= 0.6 is 0 Å². The maximum atomic E-state index is 12.2. The number of carboxylic acid groups (broad SMARTS) is 1. The second-order valence-electron chi connectivity index (χ2n) is 4.79. The van der Waals surface area contributed by atoms with Crippen LogP contribution in [-0.2, 0) is 9.59 Å². The van der Waals surface area contributed by atoms with Gasteiger partial charge in [-0.3, -0.25) is 4.79 Å². The fourth-order valence-electron chi connectivity index (χ4n) is 1.35. The van der Waals surface area contributed by atoms with Gasteiger partial charge in [-0.05, 0) is 41.7 Å². The number of amides is 1. The van der Waals surface area contributed by atoms with E-state index < -0.39 is 17.0 Å². The minimum absolute atomic E-state index is 0.218. The topological polar surface area (TPSA) is 69.6 Å². The van der Waals surface area contributed by atoms with Crippen LogP contribution in [0.25, 0.3) is 0 Å². The summed E-state index contributed by atoms with van der Waals surface area (Å²) < 4.78 is 0. The molecule has 0 unspecified atom stereocenters. The van der Waals surface area contributed by atoms with Crippen LogP contribution in [0.4, 0.5) is 0 Å². The Morgan fingerprint density at radius 2 is 1.69 bits per heavy atom. The molecule has 2 N–H and O–H groups in total. The summed E-state index contributed by atoms with van der Waals surface area (Å²) in [6.45, 7) is 8.66. The molecule has 0 rings (SSSR count). The second kappa shape index (κ2) is 4.82. The molecular formula is C11H22N2O3. The van der Waals surface area contributed by atoms with E-state index in [9.17, 15) is 9.59 Å². The number of rotatable bonds is 5. The molecule has 0 aromatic rings. The van der Waals surface area contributed by atoms with Gasteiger partial charge in [0.25, 0.3) is 0 Å². The average molecular weight is 230 g/mol. The van der Waals surface area contributed by atoms with Crippen molar-refractivity contribution >= 4 is 11.9 Å². The van der Waals surface area contributed by atoms with Crippen molar-refractivity contribution in [3.63, 3.8) is 0 Å². The number of carboxylic acids is 1. The van der Waals surface area contributed by atoms with Gasteiger partial charge < -0.3 is 15.3 Å². The van der Waals surface area contributed by atoms with Crippen molar-refractivity contribution < 1.29 is 14.7 Å². The lowest BCUT2D eigenvalue weighted by Crippen LogP contribution is -2.61. The summed E-state index contributed by atoms with van der Waals surface area (Å²) in [6, 6.07) is 0. The molecule has 0 radical (unpaired) electrons. The molecule has 5 nitrogen and oxygen atoms in total. The van der Waals surface area contributed by atoms with E-state index in [-0.39, 0.29) is 5.91 Å². The fourth-order valence-corrected chi connectivity index (χ4v) is 1.35. The summed E-state index contributed by atoms with van der Waals surface area (Å²) in [5.74, 6) is -1.22. The maximum absolute atomic E-state index is 12.2. The summed E-state index contributed by atoms with van der Waals surface area (Å²) in [4.78, 5) is 24.7. The zero-order valence-electron chi connectivity index (χ0n) is 10.9. The Balaban J connectivity index is 5.17. The Morgan fingerprint density at radius 1 is 1.25 bits per heavy atom. The molecule has 0 aliphatic heterocycles. The predicted octanol–water partition coefficient (Wildman–Crippen LogP) is 0.696. The summed E-state index contributed by atoms with van der Waals surface area (Å²) in [7, 11) is 1.68. The van der Waals surface area contributed by atoms with Crippen LogP contribution in [0.2, 0.25) is 0 Å². The number of hydrogen-bond donors (Lipinski definition) is 2. The van der Waals surface area contributed by atoms with Crippen LogP contribution in [0.1, 0.15) is 34.6 Å². The highest BCUT2D eigenvalue weighted by atomic mass is 16.4. The Kier molecular flexibility index (Phi) is 4.49. The molecule has 0 aliphatic carbocycles. The van der Waals surface area contributed by atoms with E-state index >= 15 is 0 Å². The van der Waals surface area contributed by atoms with Gasteiger partial charge in [0.2, 0.25) is 5.91 Å². The van der Waals surface area contributed by atoms with Gasteiger partial charge in [-0.25, -0.2) is 4.79 Å². The van der Waals surface area contributed by atoms with Crippen molar-refractivity contribution in [3.8, 4) is 0 Å². The highest BCUT2D eigenvalue weighted by molar-refractivity contribution is 5.91. The van der Waals surface area contributed by atoms with Crippen LogP contribution in [0.15, 0.2) is 0 Å². The zero-order valence-corrected chi connectivity index (χ0v) is 10.9. The number of carbonyl (C=O) groups is 2. The summed E-state index contributed by atoms with van der Waals surface area (Å²) in [5, 5.41) is 12.0. The van der Waals surface area contributed by atoms with E-state index in [2.05, 4.69) is 5.32 Å². The third-order valence-electron chi connectivity index (χ3n) is 2.92. The first kappa shape index (κ1) is 14.9. The Bertz CT molecular complexity index is 285. The summed E-state index contributed by atoms with van der Waals surface area (Å²) in [6.07, 6.45) is 0. The van der Waals surface area contributed by atoms with Gasteiger partial charge in [-0.15, -0.1) is 0 Å². The number of aliphatic carboxylic acids is 1. The minimum Gasteiger partial charge on any atom is -0.480 e. The van der Waals surface area contributed by atoms with Crippen LogP contribution in [-0.4, -0.2) is 46.6 Å². The molecule has 5 heteroatoms. The summed E-state index contributed by atoms with van der Waals surface area (Å²) in [5.41, 5.74) is -1.96. The highest BCUT2D eigenvalue weighted by Gasteiger charge is 2.41. The molecule has 0 aromatic carbocycles. The van der Waals surface area contributed by atoms with Crippen molar-refractivity contribution in [1.82, 2.24) is 10.2 Å². The number of nitrogens with one attached hydrogen (secondary N) is 1. The van der Waals surface area contributed by atoms with Crippen LogP contribution in [0.5, 0.6) is 0 Å². The lowest BCUT2D eigenvalue weighted by molar-refractivity contribution is -0.159. The van der Waals surface area contributed by atoms with Crippen molar-refractivity contribution in [3.05, 3.63) is 0 Å². The summed E-state index contributed by atoms with van der Waals surface area (Å²) >= 11 is 0. The standard InChI is InChI=1S/C11H22N2O3/c1-7-13(11(4,5)9(15)16)8(14)10(2,3)12-6/h12H,7H2,1-6H3,(H,15,16). The number of hydrogen-bond acceptors (Lipinski definition) is 3. The van der Waals surface area contributed by atoms with E-state index in [0.29, 0.717) is 6.54 Å². The molecule has 0 saturated heterocycles. The number of likely N-dealkylation sites (N-methyl/N-ethyl adjacent to an activating group) is 2. The van der Waals surface area contributed by atoms with Crippen LogP contribution in [0.3, 0.4) is 0 Å². The zero-order chi connectivity index (χ0) is 13.1. The average Bonchev–Trinajstić information content (AvgIpc) is 2.18. The largest absolute Gasteiger partial charge is 0.480 e. The smallest absolute Gasteiger partial charge is 0.329 e. The van der Waals surface area contributed by atoms with Crippen molar-refractivity contribution in [2.45, 2.75) is 45.7 Å². The Labute approximate surface area is 96.8 Å². The molecule has 0 atom stereocenters. The van der Waals surface area contributed by atoms with Gasteiger partial charge >= 0.3 is 5.97 Å². The monoisotopic (exact) mass is 230 g/mol. The highest BCUT2D eigenvalue weighted by Crippen LogP contribution is 2.19. The lowest BCUT2D eigenvalue weighted by atomic mass is 9.97. The van der Waals surface area contributed by atoms with Gasteiger partial charge in [-0.2, -0.15) is 0 Å². The molecule has 94 valence electrons.